The number of hydrogen-bond acceptors (Lipinski definition) is 3. The Bertz CT molecular complexity index is 747. The minimum absolute atomic E-state index is 0.764. The molecule has 0 saturated heterocycles. The van der Waals surface area contributed by atoms with E-state index in [0.717, 1.165) is 32.0 Å². The molecule has 2 aromatic carbocycles. The molecule has 3 aromatic rings. The molecule has 0 bridgehead atoms. The van der Waals surface area contributed by atoms with Gasteiger partial charge in [-0.05, 0) is 31.2 Å². The summed E-state index contributed by atoms with van der Waals surface area (Å²) in [7, 11) is 0. The molecule has 2 nitrogen and oxygen atoms in total. The molecule has 3 rings (SSSR count). The normalized spacial score (nSPS) is 10.7. The molecule has 0 aliphatic rings. The van der Waals surface area contributed by atoms with Gasteiger partial charge in [0.15, 0.2) is 0 Å². The predicted molar refractivity (Wildman–Crippen MR) is 89.8 cm³/mol. The SMILES string of the molecule is Cc1sc(-c2cccc(N)c2)nc1-c1ccc(Br)cc1. The van der Waals surface area contributed by atoms with Gasteiger partial charge in [0.05, 0.1) is 5.69 Å². The largest absolute Gasteiger partial charge is 0.399 e. The number of benzene rings is 2. The van der Waals surface area contributed by atoms with Crippen molar-refractivity contribution in [3.8, 4) is 21.8 Å². The highest BCUT2D eigenvalue weighted by Gasteiger charge is 2.11. The van der Waals surface area contributed by atoms with E-state index in [-0.39, 0.29) is 0 Å². The van der Waals surface area contributed by atoms with Crippen molar-refractivity contribution in [1.29, 1.82) is 0 Å². The van der Waals surface area contributed by atoms with Gasteiger partial charge in [-0.1, -0.05) is 40.2 Å². The first-order chi connectivity index (χ1) is 9.63. The van der Waals surface area contributed by atoms with Gasteiger partial charge in [0.2, 0.25) is 0 Å². The molecule has 100 valence electrons. The van der Waals surface area contributed by atoms with Crippen molar-refractivity contribution in [3.05, 3.63) is 57.9 Å². The van der Waals surface area contributed by atoms with Gasteiger partial charge >= 0.3 is 0 Å². The number of nitrogens with two attached hydrogens (primary N) is 1. The molecule has 4 heteroatoms. The first-order valence-corrected chi connectivity index (χ1v) is 7.84. The minimum atomic E-state index is 0.764. The number of aryl methyl sites for hydroxylation is 1. The lowest BCUT2D eigenvalue weighted by Crippen LogP contribution is -1.85. The van der Waals surface area contributed by atoms with Crippen LogP contribution in [-0.4, -0.2) is 4.98 Å². The van der Waals surface area contributed by atoms with Crippen LogP contribution in [0.5, 0.6) is 0 Å². The topological polar surface area (TPSA) is 38.9 Å². The summed E-state index contributed by atoms with van der Waals surface area (Å²) in [5, 5.41) is 1.01. The molecule has 2 N–H and O–H groups in total. The monoisotopic (exact) mass is 344 g/mol. The van der Waals surface area contributed by atoms with Crippen LogP contribution < -0.4 is 5.73 Å². The molecule has 0 aliphatic carbocycles. The fourth-order valence-corrected chi connectivity index (χ4v) is 3.26. The Kier molecular flexibility index (Phi) is 3.59. The molecule has 0 fully saturated rings. The van der Waals surface area contributed by atoms with Crippen molar-refractivity contribution in [1.82, 2.24) is 4.98 Å². The van der Waals surface area contributed by atoms with Gasteiger partial charge < -0.3 is 5.73 Å². The lowest BCUT2D eigenvalue weighted by molar-refractivity contribution is 1.37. The molecule has 0 unspecified atom stereocenters. The molecule has 0 spiro atoms. The second kappa shape index (κ2) is 5.38. The highest BCUT2D eigenvalue weighted by Crippen LogP contribution is 2.34. The summed E-state index contributed by atoms with van der Waals surface area (Å²) in [5.74, 6) is 0. The summed E-state index contributed by atoms with van der Waals surface area (Å²) in [6.45, 7) is 2.10. The molecule has 20 heavy (non-hydrogen) atoms. The van der Waals surface area contributed by atoms with E-state index in [0.29, 0.717) is 0 Å². The third-order valence-corrected chi connectivity index (χ3v) is 4.60. The molecule has 0 saturated carbocycles. The first kappa shape index (κ1) is 13.3. The van der Waals surface area contributed by atoms with Crippen molar-refractivity contribution >= 4 is 33.0 Å². The van der Waals surface area contributed by atoms with E-state index in [1.54, 1.807) is 11.3 Å². The molecule has 0 amide bonds. The number of halogens is 1. The van der Waals surface area contributed by atoms with Crippen LogP contribution in [0.2, 0.25) is 0 Å². The third-order valence-electron chi connectivity index (χ3n) is 3.05. The maximum Gasteiger partial charge on any atom is 0.124 e. The zero-order valence-corrected chi connectivity index (χ0v) is 13.3. The molecule has 1 aromatic heterocycles. The lowest BCUT2D eigenvalue weighted by atomic mass is 10.1. The molecular weight excluding hydrogens is 332 g/mol. The van der Waals surface area contributed by atoms with E-state index in [2.05, 4.69) is 35.0 Å². The van der Waals surface area contributed by atoms with Crippen molar-refractivity contribution in [3.63, 3.8) is 0 Å². The highest BCUT2D eigenvalue weighted by molar-refractivity contribution is 9.10. The minimum Gasteiger partial charge on any atom is -0.399 e. The van der Waals surface area contributed by atoms with Crippen LogP contribution in [0.1, 0.15) is 4.88 Å². The number of nitrogen functional groups attached to an aromatic ring is 1. The zero-order valence-electron chi connectivity index (χ0n) is 10.9. The Morgan fingerprint density at radius 3 is 2.50 bits per heavy atom. The summed E-state index contributed by atoms with van der Waals surface area (Å²) in [6.07, 6.45) is 0. The summed E-state index contributed by atoms with van der Waals surface area (Å²) in [4.78, 5) is 5.98. The maximum absolute atomic E-state index is 5.84. The summed E-state index contributed by atoms with van der Waals surface area (Å²) in [5.41, 5.74) is 9.85. The lowest BCUT2D eigenvalue weighted by Gasteiger charge is -1.99. The molecule has 0 aliphatic heterocycles. The van der Waals surface area contributed by atoms with Gasteiger partial charge in [0.25, 0.3) is 0 Å². The Balaban J connectivity index is 2.05. The summed E-state index contributed by atoms with van der Waals surface area (Å²) >= 11 is 5.15. The maximum atomic E-state index is 5.84. The van der Waals surface area contributed by atoms with Crippen molar-refractivity contribution in [2.24, 2.45) is 0 Å². The fourth-order valence-electron chi connectivity index (χ4n) is 2.07. The van der Waals surface area contributed by atoms with Crippen LogP contribution in [0, 0.1) is 6.92 Å². The van der Waals surface area contributed by atoms with Crippen LogP contribution >= 0.6 is 27.3 Å². The number of aromatic nitrogens is 1. The predicted octanol–water partition coefficient (Wildman–Crippen LogP) is 5.13. The van der Waals surface area contributed by atoms with E-state index >= 15 is 0 Å². The second-order valence-electron chi connectivity index (χ2n) is 4.56. The zero-order chi connectivity index (χ0) is 14.1. The molecule has 0 radical (unpaired) electrons. The van der Waals surface area contributed by atoms with Crippen LogP contribution in [0.4, 0.5) is 5.69 Å². The average Bonchev–Trinajstić information content (AvgIpc) is 2.82. The van der Waals surface area contributed by atoms with Gasteiger partial charge in [-0.15, -0.1) is 11.3 Å². The molecule has 1 heterocycles. The van der Waals surface area contributed by atoms with E-state index in [1.165, 1.54) is 4.88 Å². The smallest absolute Gasteiger partial charge is 0.124 e. The first-order valence-electron chi connectivity index (χ1n) is 6.23. The van der Waals surface area contributed by atoms with Crippen LogP contribution in [0.3, 0.4) is 0 Å². The van der Waals surface area contributed by atoms with Gasteiger partial charge in [-0.2, -0.15) is 0 Å². The Hall–Kier alpha value is -1.65. The van der Waals surface area contributed by atoms with Gasteiger partial charge in [-0.25, -0.2) is 4.98 Å². The Morgan fingerprint density at radius 2 is 1.80 bits per heavy atom. The van der Waals surface area contributed by atoms with Gasteiger partial charge in [0.1, 0.15) is 5.01 Å². The fraction of sp³-hybridized carbons (Fsp3) is 0.0625. The van der Waals surface area contributed by atoms with Gasteiger partial charge in [0, 0.05) is 26.2 Å². The second-order valence-corrected chi connectivity index (χ2v) is 6.68. The number of anilines is 1. The van der Waals surface area contributed by atoms with Crippen molar-refractivity contribution in [2.45, 2.75) is 6.92 Å². The number of thiazole rings is 1. The Morgan fingerprint density at radius 1 is 1.05 bits per heavy atom. The van der Waals surface area contributed by atoms with Crippen LogP contribution in [0.15, 0.2) is 53.0 Å². The van der Waals surface area contributed by atoms with Crippen molar-refractivity contribution < 1.29 is 0 Å². The quantitative estimate of drug-likeness (QED) is 0.654. The Labute approximate surface area is 130 Å². The average molecular weight is 345 g/mol. The number of rotatable bonds is 2. The van der Waals surface area contributed by atoms with E-state index in [4.69, 9.17) is 10.7 Å². The number of nitrogens with zero attached hydrogens (tertiary/aromatic N) is 1. The van der Waals surface area contributed by atoms with E-state index < -0.39 is 0 Å². The van der Waals surface area contributed by atoms with Crippen LogP contribution in [-0.2, 0) is 0 Å². The summed E-state index contributed by atoms with van der Waals surface area (Å²) < 4.78 is 1.07. The van der Waals surface area contributed by atoms with Crippen molar-refractivity contribution in [2.75, 3.05) is 5.73 Å². The molecule has 0 atom stereocenters. The standard InChI is InChI=1S/C16H13BrN2S/c1-10-15(11-5-7-13(17)8-6-11)19-16(20-10)12-3-2-4-14(18)9-12/h2-9H,18H2,1H3. The van der Waals surface area contributed by atoms with Crippen LogP contribution in [0.25, 0.3) is 21.8 Å². The third kappa shape index (κ3) is 2.62. The number of hydrogen-bond donors (Lipinski definition) is 1. The van der Waals surface area contributed by atoms with Gasteiger partial charge in [-0.3, -0.25) is 0 Å². The summed E-state index contributed by atoms with van der Waals surface area (Å²) in [6, 6.07) is 16.1. The molecular formula is C16H13BrN2S. The van der Waals surface area contributed by atoms with E-state index in [1.807, 2.05) is 36.4 Å². The van der Waals surface area contributed by atoms with E-state index in [9.17, 15) is 0 Å². The highest BCUT2D eigenvalue weighted by atomic mass is 79.9.